The Labute approximate surface area is 164 Å². The van der Waals surface area contributed by atoms with Gasteiger partial charge >= 0.3 is 0 Å². The Hall–Kier alpha value is -2.54. The van der Waals surface area contributed by atoms with Gasteiger partial charge in [-0.2, -0.15) is 0 Å². The lowest BCUT2D eigenvalue weighted by Crippen LogP contribution is -2.36. The molecule has 27 heavy (non-hydrogen) atoms. The lowest BCUT2D eigenvalue weighted by atomic mass is 9.70. The van der Waals surface area contributed by atoms with Crippen molar-refractivity contribution in [2.45, 2.75) is 32.6 Å². The number of hydrogen-bond donors (Lipinski definition) is 2. The van der Waals surface area contributed by atoms with Crippen LogP contribution < -0.4 is 20.9 Å². The van der Waals surface area contributed by atoms with Crippen molar-refractivity contribution >= 4 is 23.0 Å². The molecule has 3 rings (SSSR count). The van der Waals surface area contributed by atoms with Crippen molar-refractivity contribution in [3.63, 3.8) is 0 Å². The van der Waals surface area contributed by atoms with E-state index in [0.717, 1.165) is 5.56 Å². The molecule has 1 unspecified atom stereocenters. The molecule has 1 atom stereocenters. The molecule has 0 amide bonds. The predicted octanol–water partition coefficient (Wildman–Crippen LogP) is 2.92. The van der Waals surface area contributed by atoms with Gasteiger partial charge < -0.3 is 25.7 Å². The van der Waals surface area contributed by atoms with E-state index in [9.17, 15) is 4.79 Å². The molecule has 1 aromatic carbocycles. The molecule has 1 aliphatic carbocycles. The number of ketones is 1. The van der Waals surface area contributed by atoms with Crippen LogP contribution in [0.3, 0.4) is 0 Å². The predicted molar refractivity (Wildman–Crippen MR) is 106 cm³/mol. The highest BCUT2D eigenvalue weighted by atomic mass is 32.1. The first-order valence-electron chi connectivity index (χ1n) is 8.64. The summed E-state index contributed by atoms with van der Waals surface area (Å²) in [7, 11) is 3.13. The molecule has 1 aromatic rings. The molecule has 1 heterocycles. The second-order valence-corrected chi connectivity index (χ2v) is 8.01. The fraction of sp³-hybridized carbons (Fsp3) is 0.400. The Morgan fingerprint density at radius 1 is 1.22 bits per heavy atom. The van der Waals surface area contributed by atoms with E-state index >= 15 is 0 Å². The number of rotatable bonds is 4. The second kappa shape index (κ2) is 6.88. The number of carbonyl (C=O) groups excluding carboxylic acids is 1. The van der Waals surface area contributed by atoms with E-state index in [1.807, 2.05) is 26.0 Å². The Morgan fingerprint density at radius 2 is 1.89 bits per heavy atom. The van der Waals surface area contributed by atoms with Crippen LogP contribution >= 0.6 is 12.2 Å². The molecule has 4 N–H and O–H groups in total. The quantitative estimate of drug-likeness (QED) is 0.766. The fourth-order valence-electron chi connectivity index (χ4n) is 3.79. The van der Waals surface area contributed by atoms with Gasteiger partial charge in [0.05, 0.1) is 19.8 Å². The zero-order valence-electron chi connectivity index (χ0n) is 15.9. The first-order valence-corrected chi connectivity index (χ1v) is 9.05. The molecule has 0 aromatic heterocycles. The normalized spacial score (nSPS) is 21.5. The number of methoxy groups -OCH3 is 2. The summed E-state index contributed by atoms with van der Waals surface area (Å²) in [6.07, 6.45) is 1.03. The fourth-order valence-corrected chi connectivity index (χ4v) is 4.01. The van der Waals surface area contributed by atoms with E-state index in [1.165, 1.54) is 0 Å². The van der Waals surface area contributed by atoms with E-state index in [1.54, 1.807) is 20.3 Å². The van der Waals surface area contributed by atoms with Gasteiger partial charge in [-0.05, 0) is 23.1 Å². The topological polar surface area (TPSA) is 96.8 Å². The van der Waals surface area contributed by atoms with Gasteiger partial charge in [0.2, 0.25) is 0 Å². The lowest BCUT2D eigenvalue weighted by molar-refractivity contribution is -0.119. The van der Waals surface area contributed by atoms with E-state index in [-0.39, 0.29) is 22.1 Å². The largest absolute Gasteiger partial charge is 0.493 e. The number of Topliss-reactive ketones (excluding diaryl/α,β-unsaturated/α-hetero) is 1. The van der Waals surface area contributed by atoms with E-state index in [0.29, 0.717) is 41.2 Å². The summed E-state index contributed by atoms with van der Waals surface area (Å²) < 4.78 is 16.5. The van der Waals surface area contributed by atoms with Gasteiger partial charge in [-0.3, -0.25) is 4.79 Å². The van der Waals surface area contributed by atoms with Crippen LogP contribution in [0.5, 0.6) is 11.5 Å². The number of benzene rings is 1. The van der Waals surface area contributed by atoms with Crippen LogP contribution in [-0.2, 0) is 9.53 Å². The van der Waals surface area contributed by atoms with Crippen molar-refractivity contribution < 1.29 is 19.0 Å². The highest BCUT2D eigenvalue weighted by Crippen LogP contribution is 2.48. The van der Waals surface area contributed by atoms with E-state index in [2.05, 4.69) is 0 Å². The zero-order valence-corrected chi connectivity index (χ0v) is 16.7. The minimum absolute atomic E-state index is 0.0160. The summed E-state index contributed by atoms with van der Waals surface area (Å²) in [5.41, 5.74) is 13.7. The van der Waals surface area contributed by atoms with Gasteiger partial charge in [0.1, 0.15) is 10.7 Å². The maximum Gasteiger partial charge on any atom is 0.197 e. The summed E-state index contributed by atoms with van der Waals surface area (Å²) in [5.74, 6) is 1.40. The molecule has 2 aliphatic rings. The first kappa shape index (κ1) is 19.2. The molecule has 0 saturated carbocycles. The summed E-state index contributed by atoms with van der Waals surface area (Å²) in [6, 6.07) is 5.47. The van der Waals surface area contributed by atoms with Crippen molar-refractivity contribution in [3.8, 4) is 11.5 Å². The molecule has 0 spiro atoms. The third-order valence-corrected chi connectivity index (χ3v) is 5.18. The maximum absolute atomic E-state index is 13.0. The monoisotopic (exact) mass is 388 g/mol. The van der Waals surface area contributed by atoms with Gasteiger partial charge in [0, 0.05) is 24.3 Å². The summed E-state index contributed by atoms with van der Waals surface area (Å²) in [5, 5.41) is 0. The van der Waals surface area contributed by atoms with Gasteiger partial charge in [-0.1, -0.05) is 32.1 Å². The average Bonchev–Trinajstić information content (AvgIpc) is 2.58. The number of nitrogens with two attached hydrogens (primary N) is 2. The van der Waals surface area contributed by atoms with Crippen LogP contribution in [-0.4, -0.2) is 25.0 Å². The number of carbonyl (C=O) groups is 1. The molecule has 1 aliphatic heterocycles. The van der Waals surface area contributed by atoms with Crippen LogP contribution in [0.1, 0.15) is 38.2 Å². The Balaban J connectivity index is 2.21. The SMILES string of the molecule is COc1ccc(C2C(C(N)=S)=C(N)OC3=C2C(=O)CC(C)(C)C3)cc1OC. The van der Waals surface area contributed by atoms with Crippen molar-refractivity contribution in [2.75, 3.05) is 14.2 Å². The first-order chi connectivity index (χ1) is 12.7. The summed E-state index contributed by atoms with van der Waals surface area (Å²) in [4.78, 5) is 13.1. The molecule has 0 bridgehead atoms. The Morgan fingerprint density at radius 3 is 2.48 bits per heavy atom. The van der Waals surface area contributed by atoms with Crippen molar-refractivity contribution in [1.82, 2.24) is 0 Å². The van der Waals surface area contributed by atoms with Crippen molar-refractivity contribution in [3.05, 3.63) is 46.6 Å². The van der Waals surface area contributed by atoms with Crippen LogP contribution in [0.25, 0.3) is 0 Å². The zero-order chi connectivity index (χ0) is 19.9. The summed E-state index contributed by atoms with van der Waals surface area (Å²) in [6.45, 7) is 4.07. The Bertz CT molecular complexity index is 886. The lowest BCUT2D eigenvalue weighted by Gasteiger charge is -2.38. The third kappa shape index (κ3) is 3.39. The molecular formula is C20H24N2O4S. The summed E-state index contributed by atoms with van der Waals surface area (Å²) >= 11 is 5.23. The number of thiocarbonyl (C=S) groups is 1. The number of ether oxygens (including phenoxy) is 3. The molecule has 0 radical (unpaired) electrons. The molecule has 7 heteroatoms. The highest BCUT2D eigenvalue weighted by Gasteiger charge is 2.43. The minimum Gasteiger partial charge on any atom is -0.493 e. The van der Waals surface area contributed by atoms with Crippen molar-refractivity contribution in [2.24, 2.45) is 16.9 Å². The standard InChI is InChI=1S/C20H24N2O4S/c1-20(2)8-11(23)16-14(9-20)26-18(21)17(19(22)27)15(16)10-5-6-12(24-3)13(7-10)25-4/h5-7,15H,8-9,21H2,1-4H3,(H2,22,27). The van der Waals surface area contributed by atoms with Crippen LogP contribution in [0, 0.1) is 5.41 Å². The molecule has 0 fully saturated rings. The molecule has 144 valence electrons. The van der Waals surface area contributed by atoms with Gasteiger partial charge in [-0.25, -0.2) is 0 Å². The van der Waals surface area contributed by atoms with Crippen molar-refractivity contribution in [1.29, 1.82) is 0 Å². The number of hydrogen-bond acceptors (Lipinski definition) is 6. The van der Waals surface area contributed by atoms with Gasteiger partial charge in [0.15, 0.2) is 23.2 Å². The van der Waals surface area contributed by atoms with Crippen LogP contribution in [0.2, 0.25) is 0 Å². The molecule has 0 saturated heterocycles. The van der Waals surface area contributed by atoms with E-state index in [4.69, 9.17) is 37.9 Å². The average molecular weight is 388 g/mol. The maximum atomic E-state index is 13.0. The van der Waals surface area contributed by atoms with Gasteiger partial charge in [0.25, 0.3) is 0 Å². The van der Waals surface area contributed by atoms with Crippen LogP contribution in [0.15, 0.2) is 41.0 Å². The third-order valence-electron chi connectivity index (χ3n) is 4.96. The minimum atomic E-state index is -0.491. The molecule has 6 nitrogen and oxygen atoms in total. The smallest absolute Gasteiger partial charge is 0.197 e. The van der Waals surface area contributed by atoms with E-state index < -0.39 is 5.92 Å². The highest BCUT2D eigenvalue weighted by molar-refractivity contribution is 7.80. The Kier molecular flexibility index (Phi) is 4.90. The molecular weight excluding hydrogens is 364 g/mol. The van der Waals surface area contributed by atoms with Gasteiger partial charge in [-0.15, -0.1) is 0 Å². The number of allylic oxidation sites excluding steroid dienone is 2. The van der Waals surface area contributed by atoms with Crippen LogP contribution in [0.4, 0.5) is 0 Å². The second-order valence-electron chi connectivity index (χ2n) is 7.57.